The van der Waals surface area contributed by atoms with Crippen LogP contribution in [0.1, 0.15) is 22.6 Å². The lowest BCUT2D eigenvalue weighted by atomic mass is 9.96. The predicted molar refractivity (Wildman–Crippen MR) is 43.8 cm³/mol. The number of H-pyrrole nitrogens is 1. The molecule has 1 aromatic heterocycles. The van der Waals surface area contributed by atoms with Gasteiger partial charge in [0.2, 0.25) is 0 Å². The molecular formula is C10H7N. The maximum Gasteiger partial charge on any atom is 0.0496 e. The third-order valence-corrected chi connectivity index (χ3v) is 3.10. The van der Waals surface area contributed by atoms with Crippen LogP contribution >= 0.6 is 0 Å². The molecule has 1 atom stereocenters. The lowest BCUT2D eigenvalue weighted by Crippen LogP contribution is -1.97. The Morgan fingerprint density at radius 1 is 1.27 bits per heavy atom. The summed E-state index contributed by atoms with van der Waals surface area (Å²) in [7, 11) is 0. The second-order valence-electron chi connectivity index (χ2n) is 3.61. The minimum Gasteiger partial charge on any atom is -0.361 e. The molecule has 3 aliphatic rings. The molecule has 52 valence electrons. The van der Waals surface area contributed by atoms with E-state index in [0.29, 0.717) is 0 Å². The molecule has 0 spiro atoms. The van der Waals surface area contributed by atoms with Gasteiger partial charge in [0.1, 0.15) is 0 Å². The van der Waals surface area contributed by atoms with Crippen molar-refractivity contribution in [2.75, 3.05) is 0 Å². The number of hydrogen-bond donors (Lipinski definition) is 1. The summed E-state index contributed by atoms with van der Waals surface area (Å²) in [5.74, 6) is 0.751. The fraction of sp³-hybridized carbons (Fsp3) is 0.200. The van der Waals surface area contributed by atoms with Gasteiger partial charge in [-0.05, 0) is 29.2 Å². The first-order chi connectivity index (χ1) is 5.43. The fourth-order valence-corrected chi connectivity index (χ4v) is 2.65. The molecule has 1 heterocycles. The van der Waals surface area contributed by atoms with E-state index in [9.17, 15) is 0 Å². The van der Waals surface area contributed by atoms with Crippen LogP contribution in [0.4, 0.5) is 0 Å². The van der Waals surface area contributed by atoms with Gasteiger partial charge in [-0.2, -0.15) is 0 Å². The van der Waals surface area contributed by atoms with Crippen LogP contribution in [0.25, 0.3) is 10.9 Å². The largest absolute Gasteiger partial charge is 0.361 e. The van der Waals surface area contributed by atoms with Crippen molar-refractivity contribution in [3.8, 4) is 0 Å². The van der Waals surface area contributed by atoms with Gasteiger partial charge in [-0.15, -0.1) is 0 Å². The van der Waals surface area contributed by atoms with Crippen LogP contribution in [-0.2, 0) is 6.42 Å². The van der Waals surface area contributed by atoms with E-state index in [1.165, 1.54) is 28.5 Å². The van der Waals surface area contributed by atoms with E-state index >= 15 is 0 Å². The smallest absolute Gasteiger partial charge is 0.0496 e. The molecule has 0 fully saturated rings. The second-order valence-corrected chi connectivity index (χ2v) is 3.61. The van der Waals surface area contributed by atoms with Gasteiger partial charge < -0.3 is 4.98 Å². The Labute approximate surface area is 64.0 Å². The predicted octanol–water partition coefficient (Wildman–Crippen LogP) is 2.17. The van der Waals surface area contributed by atoms with Crippen molar-refractivity contribution >= 4 is 10.9 Å². The summed E-state index contributed by atoms with van der Waals surface area (Å²) < 4.78 is 0. The average molecular weight is 141 g/mol. The van der Waals surface area contributed by atoms with Crippen LogP contribution in [0, 0.1) is 0 Å². The second kappa shape index (κ2) is 1.11. The Bertz CT molecular complexity index is 479. The molecule has 6 bridgehead atoms. The highest BCUT2D eigenvalue weighted by molar-refractivity contribution is 5.95. The summed E-state index contributed by atoms with van der Waals surface area (Å²) in [5.41, 5.74) is 6.01. The third kappa shape index (κ3) is 0.313. The van der Waals surface area contributed by atoms with Crippen LogP contribution in [0.2, 0.25) is 0 Å². The number of benzene rings is 1. The Morgan fingerprint density at radius 2 is 2.27 bits per heavy atom. The third-order valence-electron chi connectivity index (χ3n) is 3.10. The van der Waals surface area contributed by atoms with E-state index in [1.807, 2.05) is 0 Å². The van der Waals surface area contributed by atoms with Crippen molar-refractivity contribution in [2.45, 2.75) is 12.3 Å². The Hall–Kier alpha value is -1.24. The summed E-state index contributed by atoms with van der Waals surface area (Å²) in [6.07, 6.45) is 3.43. The summed E-state index contributed by atoms with van der Waals surface area (Å²) >= 11 is 0. The monoisotopic (exact) mass is 141 g/mol. The molecule has 1 heteroatoms. The molecule has 1 N–H and O–H groups in total. The molecule has 1 unspecified atom stereocenters. The van der Waals surface area contributed by atoms with Crippen LogP contribution in [0.3, 0.4) is 0 Å². The van der Waals surface area contributed by atoms with Gasteiger partial charge in [0, 0.05) is 23.0 Å². The van der Waals surface area contributed by atoms with Crippen molar-refractivity contribution in [3.63, 3.8) is 0 Å². The van der Waals surface area contributed by atoms with Crippen LogP contribution < -0.4 is 0 Å². The van der Waals surface area contributed by atoms with E-state index in [2.05, 4.69) is 23.3 Å². The minimum atomic E-state index is 0.751. The van der Waals surface area contributed by atoms with E-state index in [-0.39, 0.29) is 0 Å². The number of nitrogens with one attached hydrogen (secondary N) is 1. The van der Waals surface area contributed by atoms with E-state index in [0.717, 1.165) is 5.92 Å². The van der Waals surface area contributed by atoms with Crippen LogP contribution in [-0.4, -0.2) is 4.98 Å². The molecule has 11 heavy (non-hydrogen) atoms. The van der Waals surface area contributed by atoms with E-state index in [1.54, 1.807) is 5.56 Å². The first-order valence-electron chi connectivity index (χ1n) is 4.07. The number of aromatic amines is 1. The molecule has 5 rings (SSSR count). The molecule has 3 aliphatic carbocycles. The normalized spacial score (nSPS) is 23.1. The molecule has 0 saturated heterocycles. The Morgan fingerprint density at radius 3 is 3.09 bits per heavy atom. The highest BCUT2D eigenvalue weighted by atomic mass is 14.7. The highest BCUT2D eigenvalue weighted by Gasteiger charge is 2.33. The minimum absolute atomic E-state index is 0.751. The quantitative estimate of drug-likeness (QED) is 0.578. The Balaban J connectivity index is 2.51. The lowest BCUT2D eigenvalue weighted by molar-refractivity contribution is 0.854. The van der Waals surface area contributed by atoms with Gasteiger partial charge in [-0.3, -0.25) is 0 Å². The average Bonchev–Trinajstić information content (AvgIpc) is 2.61. The topological polar surface area (TPSA) is 15.8 Å². The fourth-order valence-electron chi connectivity index (χ4n) is 2.65. The number of rotatable bonds is 0. The maximum absolute atomic E-state index is 3.32. The van der Waals surface area contributed by atoms with Crippen LogP contribution in [0.15, 0.2) is 18.3 Å². The van der Waals surface area contributed by atoms with Gasteiger partial charge in [-0.25, -0.2) is 0 Å². The molecule has 2 aromatic rings. The molecule has 1 nitrogen and oxygen atoms in total. The van der Waals surface area contributed by atoms with Crippen LogP contribution in [0.5, 0.6) is 0 Å². The SMILES string of the molecule is c1[nH]c2c3cc4cc2c1C3C4. The molecular weight excluding hydrogens is 134 g/mol. The molecule has 0 radical (unpaired) electrons. The Kier molecular flexibility index (Phi) is 0.466. The number of hydrogen-bond acceptors (Lipinski definition) is 0. The van der Waals surface area contributed by atoms with Gasteiger partial charge >= 0.3 is 0 Å². The van der Waals surface area contributed by atoms with Crippen molar-refractivity contribution in [1.29, 1.82) is 0 Å². The summed E-state index contributed by atoms with van der Waals surface area (Å²) in [6.45, 7) is 0. The number of aromatic nitrogens is 1. The van der Waals surface area contributed by atoms with Crippen molar-refractivity contribution < 1.29 is 0 Å². The molecule has 0 amide bonds. The van der Waals surface area contributed by atoms with E-state index < -0.39 is 0 Å². The summed E-state index contributed by atoms with van der Waals surface area (Å²) in [6, 6.07) is 4.67. The van der Waals surface area contributed by atoms with Crippen molar-refractivity contribution in [2.24, 2.45) is 0 Å². The zero-order chi connectivity index (χ0) is 7.00. The van der Waals surface area contributed by atoms with Gasteiger partial charge in [-0.1, -0.05) is 6.07 Å². The maximum atomic E-state index is 3.32. The zero-order valence-electron chi connectivity index (χ0n) is 6.02. The van der Waals surface area contributed by atoms with E-state index in [4.69, 9.17) is 0 Å². The lowest BCUT2D eigenvalue weighted by Gasteiger charge is -2.08. The first kappa shape index (κ1) is 4.60. The summed E-state index contributed by atoms with van der Waals surface area (Å²) in [5, 5.41) is 1.48. The van der Waals surface area contributed by atoms with Gasteiger partial charge in [0.05, 0.1) is 0 Å². The van der Waals surface area contributed by atoms with Crippen molar-refractivity contribution in [3.05, 3.63) is 35.0 Å². The first-order valence-corrected chi connectivity index (χ1v) is 4.07. The molecule has 0 saturated carbocycles. The summed E-state index contributed by atoms with van der Waals surface area (Å²) in [4.78, 5) is 3.32. The zero-order valence-corrected chi connectivity index (χ0v) is 6.02. The van der Waals surface area contributed by atoms with Crippen molar-refractivity contribution in [1.82, 2.24) is 4.98 Å². The molecule has 0 aliphatic heterocycles. The van der Waals surface area contributed by atoms with Gasteiger partial charge in [0.15, 0.2) is 0 Å². The van der Waals surface area contributed by atoms with Gasteiger partial charge in [0.25, 0.3) is 0 Å². The highest BCUT2D eigenvalue weighted by Crippen LogP contribution is 2.49. The molecule has 1 aromatic carbocycles. The standard InChI is InChI=1S/C10H7N/c1-5-2-7-6(1)9-4-11-10(7)8(9)3-5/h2-4,6,11H,1H2.